The molecule has 0 fully saturated rings. The molecule has 5 heteroatoms. The van der Waals surface area contributed by atoms with Gasteiger partial charge in [0.05, 0.1) is 0 Å². The lowest BCUT2D eigenvalue weighted by atomic mass is 10.1. The summed E-state index contributed by atoms with van der Waals surface area (Å²) in [5, 5.41) is 5.94. The molecule has 2 aromatic carbocycles. The highest BCUT2D eigenvalue weighted by molar-refractivity contribution is 7.98. The molecule has 2 amide bonds. The van der Waals surface area contributed by atoms with Gasteiger partial charge in [-0.25, -0.2) is 0 Å². The van der Waals surface area contributed by atoms with Gasteiger partial charge in [-0.1, -0.05) is 48.5 Å². The van der Waals surface area contributed by atoms with Gasteiger partial charge >= 0.3 is 0 Å². The zero-order valence-corrected chi connectivity index (χ0v) is 16.8. The van der Waals surface area contributed by atoms with E-state index in [4.69, 9.17) is 0 Å². The fraction of sp³-hybridized carbons (Fsp3) is 0.364. The van der Waals surface area contributed by atoms with E-state index in [0.29, 0.717) is 12.0 Å². The number of hydrogen-bond donors (Lipinski definition) is 2. The number of carbonyl (C=O) groups excluding carboxylic acids is 2. The molecule has 0 bridgehead atoms. The van der Waals surface area contributed by atoms with Crippen LogP contribution in [0.1, 0.15) is 35.7 Å². The van der Waals surface area contributed by atoms with Gasteiger partial charge < -0.3 is 10.6 Å². The second kappa shape index (κ2) is 11.4. The summed E-state index contributed by atoms with van der Waals surface area (Å²) in [6.45, 7) is 2.01. The number of hydrogen-bond acceptors (Lipinski definition) is 3. The van der Waals surface area contributed by atoms with Crippen molar-refractivity contribution in [3.05, 3.63) is 71.8 Å². The molecule has 0 aliphatic rings. The minimum absolute atomic E-state index is 0.0445. The zero-order valence-electron chi connectivity index (χ0n) is 16.0. The third kappa shape index (κ3) is 7.47. The van der Waals surface area contributed by atoms with E-state index in [-0.39, 0.29) is 17.9 Å². The third-order valence-corrected chi connectivity index (χ3v) is 5.01. The third-order valence-electron chi connectivity index (χ3n) is 4.37. The predicted molar refractivity (Wildman–Crippen MR) is 113 cm³/mol. The largest absolute Gasteiger partial charge is 0.352 e. The standard InChI is InChI=1S/C22H28N2O2S/c1-17(13-14-18-9-5-3-6-10-18)23-22(26)20(15-16-27-2)24-21(25)19-11-7-4-8-12-19/h3-12,17,20H,13-16H2,1-2H3,(H,23,26)(H,24,25)/t17-,20-/m1/s1. The molecular formula is C22H28N2O2S. The van der Waals surface area contributed by atoms with Crippen molar-refractivity contribution in [3.63, 3.8) is 0 Å². The van der Waals surface area contributed by atoms with Gasteiger partial charge in [0, 0.05) is 11.6 Å². The molecule has 0 heterocycles. The van der Waals surface area contributed by atoms with Crippen molar-refractivity contribution in [2.75, 3.05) is 12.0 Å². The first-order valence-corrected chi connectivity index (χ1v) is 10.7. The quantitative estimate of drug-likeness (QED) is 0.657. The highest BCUT2D eigenvalue weighted by Gasteiger charge is 2.22. The molecule has 0 aliphatic carbocycles. The van der Waals surface area contributed by atoms with Gasteiger partial charge in [-0.15, -0.1) is 0 Å². The molecule has 144 valence electrons. The summed E-state index contributed by atoms with van der Waals surface area (Å²) in [6.07, 6.45) is 4.37. The van der Waals surface area contributed by atoms with Gasteiger partial charge in [0.2, 0.25) is 5.91 Å². The van der Waals surface area contributed by atoms with E-state index < -0.39 is 6.04 Å². The maximum atomic E-state index is 12.7. The first-order chi connectivity index (χ1) is 13.1. The molecule has 4 nitrogen and oxygen atoms in total. The minimum Gasteiger partial charge on any atom is -0.352 e. The Bertz CT molecular complexity index is 707. The molecule has 2 atom stereocenters. The van der Waals surface area contributed by atoms with Crippen LogP contribution in [-0.2, 0) is 11.2 Å². The van der Waals surface area contributed by atoms with Crippen LogP contribution < -0.4 is 10.6 Å². The maximum absolute atomic E-state index is 12.7. The van der Waals surface area contributed by atoms with E-state index in [9.17, 15) is 9.59 Å². The van der Waals surface area contributed by atoms with Gasteiger partial charge in [-0.2, -0.15) is 11.8 Å². The monoisotopic (exact) mass is 384 g/mol. The van der Waals surface area contributed by atoms with Crippen LogP contribution >= 0.6 is 11.8 Å². The maximum Gasteiger partial charge on any atom is 0.251 e. The zero-order chi connectivity index (χ0) is 19.5. The summed E-state index contributed by atoms with van der Waals surface area (Å²) >= 11 is 1.67. The highest BCUT2D eigenvalue weighted by Crippen LogP contribution is 2.07. The Labute approximate surface area is 166 Å². The van der Waals surface area contributed by atoms with Gasteiger partial charge in [0.25, 0.3) is 5.91 Å². The van der Waals surface area contributed by atoms with Crippen LogP contribution in [0.25, 0.3) is 0 Å². The van der Waals surface area contributed by atoms with Crippen molar-refractivity contribution in [2.24, 2.45) is 0 Å². The fourth-order valence-corrected chi connectivity index (χ4v) is 3.25. The molecule has 0 radical (unpaired) electrons. The van der Waals surface area contributed by atoms with E-state index in [2.05, 4.69) is 22.8 Å². The highest BCUT2D eigenvalue weighted by atomic mass is 32.2. The van der Waals surface area contributed by atoms with Crippen molar-refractivity contribution in [1.82, 2.24) is 10.6 Å². The van der Waals surface area contributed by atoms with Gasteiger partial charge in [0.15, 0.2) is 0 Å². The molecule has 2 N–H and O–H groups in total. The molecule has 0 saturated carbocycles. The number of thioether (sulfide) groups is 1. The number of carbonyl (C=O) groups is 2. The summed E-state index contributed by atoms with van der Waals surface area (Å²) in [6, 6.07) is 18.8. The van der Waals surface area contributed by atoms with Gasteiger partial charge in [-0.05, 0) is 55.9 Å². The van der Waals surface area contributed by atoms with E-state index >= 15 is 0 Å². The smallest absolute Gasteiger partial charge is 0.251 e. The van der Waals surface area contributed by atoms with E-state index in [1.165, 1.54) is 5.56 Å². The van der Waals surface area contributed by atoms with Crippen LogP contribution in [0.15, 0.2) is 60.7 Å². The van der Waals surface area contributed by atoms with Crippen LogP contribution in [0.4, 0.5) is 0 Å². The summed E-state index contributed by atoms with van der Waals surface area (Å²) < 4.78 is 0. The fourth-order valence-electron chi connectivity index (χ4n) is 2.78. The lowest BCUT2D eigenvalue weighted by Crippen LogP contribution is -2.49. The van der Waals surface area contributed by atoms with Crippen molar-refractivity contribution in [1.29, 1.82) is 0 Å². The number of rotatable bonds is 10. The predicted octanol–water partition coefficient (Wildman–Crippen LogP) is 3.68. The van der Waals surface area contributed by atoms with Crippen molar-refractivity contribution in [3.8, 4) is 0 Å². The van der Waals surface area contributed by atoms with Gasteiger partial charge in [-0.3, -0.25) is 9.59 Å². The first-order valence-electron chi connectivity index (χ1n) is 9.29. The second-order valence-electron chi connectivity index (χ2n) is 6.61. The Kier molecular flexibility index (Phi) is 8.92. The van der Waals surface area contributed by atoms with E-state index in [1.807, 2.05) is 49.6 Å². The summed E-state index contributed by atoms with van der Waals surface area (Å²) in [7, 11) is 0. The average molecular weight is 385 g/mol. The average Bonchev–Trinajstić information content (AvgIpc) is 2.70. The van der Waals surface area contributed by atoms with Crippen LogP contribution in [0.2, 0.25) is 0 Å². The second-order valence-corrected chi connectivity index (χ2v) is 7.59. The molecule has 0 spiro atoms. The van der Waals surface area contributed by atoms with Crippen molar-refractivity contribution >= 4 is 23.6 Å². The summed E-state index contributed by atoms with van der Waals surface area (Å²) in [4.78, 5) is 25.1. The molecule has 0 saturated heterocycles. The first kappa shape index (κ1) is 21.0. The Morgan fingerprint density at radius 3 is 2.19 bits per heavy atom. The van der Waals surface area contributed by atoms with Crippen molar-refractivity contribution < 1.29 is 9.59 Å². The molecule has 0 unspecified atom stereocenters. The normalized spacial score (nSPS) is 12.8. The Balaban J connectivity index is 1.89. The SMILES string of the molecule is CSCC[C@@H](NC(=O)c1ccccc1)C(=O)N[C@H](C)CCc1ccccc1. The Hall–Kier alpha value is -2.27. The van der Waals surface area contributed by atoms with Crippen LogP contribution in [0.3, 0.4) is 0 Å². The van der Waals surface area contributed by atoms with Crippen molar-refractivity contribution in [2.45, 2.75) is 38.3 Å². The minimum atomic E-state index is -0.524. The van der Waals surface area contributed by atoms with Gasteiger partial charge in [0.1, 0.15) is 6.04 Å². The summed E-state index contributed by atoms with van der Waals surface area (Å²) in [5.41, 5.74) is 1.83. The lowest BCUT2D eigenvalue weighted by molar-refractivity contribution is -0.123. The number of amides is 2. The van der Waals surface area contributed by atoms with E-state index in [0.717, 1.165) is 18.6 Å². The Morgan fingerprint density at radius 2 is 1.56 bits per heavy atom. The van der Waals surface area contributed by atoms with Crippen LogP contribution in [-0.4, -0.2) is 35.9 Å². The Morgan fingerprint density at radius 1 is 0.926 bits per heavy atom. The molecule has 0 aliphatic heterocycles. The van der Waals surface area contributed by atoms with Crippen LogP contribution in [0.5, 0.6) is 0 Å². The molecule has 0 aromatic heterocycles. The van der Waals surface area contributed by atoms with Crippen LogP contribution in [0, 0.1) is 0 Å². The molecular weight excluding hydrogens is 356 g/mol. The van der Waals surface area contributed by atoms with E-state index in [1.54, 1.807) is 23.9 Å². The number of nitrogens with one attached hydrogen (secondary N) is 2. The number of aryl methyl sites for hydroxylation is 1. The molecule has 2 aromatic rings. The molecule has 27 heavy (non-hydrogen) atoms. The molecule has 2 rings (SSSR count). The topological polar surface area (TPSA) is 58.2 Å². The number of benzene rings is 2. The lowest BCUT2D eigenvalue weighted by Gasteiger charge is -2.21. The summed E-state index contributed by atoms with van der Waals surface area (Å²) in [5.74, 6) is 0.480.